The molecule has 1 aromatic heterocycles. The van der Waals surface area contributed by atoms with Crippen molar-refractivity contribution in [1.82, 2.24) is 9.78 Å². The number of ether oxygens (including phenoxy) is 1. The summed E-state index contributed by atoms with van der Waals surface area (Å²) in [5.41, 5.74) is 1.03. The van der Waals surface area contributed by atoms with Crippen LogP contribution in [0.2, 0.25) is 10.0 Å². The molecule has 2 heterocycles. The molecule has 24 heavy (non-hydrogen) atoms. The maximum absolute atomic E-state index is 12.6. The maximum atomic E-state index is 12.6. The van der Waals surface area contributed by atoms with Crippen LogP contribution < -0.4 is 4.72 Å². The summed E-state index contributed by atoms with van der Waals surface area (Å²) in [6, 6.07) is 3.10. The molecule has 3 rings (SSSR count). The first-order valence-electron chi connectivity index (χ1n) is 7.47. The van der Waals surface area contributed by atoms with Crippen LogP contribution in [-0.2, 0) is 14.8 Å². The third-order valence-electron chi connectivity index (χ3n) is 3.92. The summed E-state index contributed by atoms with van der Waals surface area (Å²) in [5.74, 6) is 0. The highest BCUT2D eigenvalue weighted by Gasteiger charge is 2.22. The van der Waals surface area contributed by atoms with E-state index < -0.39 is 10.0 Å². The highest BCUT2D eigenvalue weighted by atomic mass is 35.5. The summed E-state index contributed by atoms with van der Waals surface area (Å²) in [7, 11) is -3.82. The number of sulfonamides is 1. The molecule has 130 valence electrons. The standard InChI is InChI=1S/C15H17Cl2N3O3S/c1-10-6-15(14(17)7-13(10)16)24(21,22)19-11-8-18-20(9-11)12-2-4-23-5-3-12/h6-9,12,19H,2-5H2,1H3. The Morgan fingerprint density at radius 3 is 2.67 bits per heavy atom. The zero-order chi connectivity index (χ0) is 17.3. The van der Waals surface area contributed by atoms with Gasteiger partial charge in [0.05, 0.1) is 22.9 Å². The van der Waals surface area contributed by atoms with E-state index in [9.17, 15) is 8.42 Å². The molecule has 1 saturated heterocycles. The van der Waals surface area contributed by atoms with Crippen molar-refractivity contribution in [1.29, 1.82) is 0 Å². The van der Waals surface area contributed by atoms with Crippen LogP contribution in [0.3, 0.4) is 0 Å². The first-order chi connectivity index (χ1) is 11.4. The second-order valence-corrected chi connectivity index (χ2v) is 8.16. The van der Waals surface area contributed by atoms with E-state index in [1.54, 1.807) is 17.8 Å². The predicted molar refractivity (Wildman–Crippen MR) is 93.3 cm³/mol. The number of aromatic nitrogens is 2. The Hall–Kier alpha value is -1.28. The average Bonchev–Trinajstić information content (AvgIpc) is 2.99. The van der Waals surface area contributed by atoms with E-state index in [1.165, 1.54) is 18.3 Å². The van der Waals surface area contributed by atoms with Crippen molar-refractivity contribution in [3.8, 4) is 0 Å². The number of hydrogen-bond donors (Lipinski definition) is 1. The first-order valence-corrected chi connectivity index (χ1v) is 9.71. The van der Waals surface area contributed by atoms with Gasteiger partial charge in [-0.2, -0.15) is 5.10 Å². The lowest BCUT2D eigenvalue weighted by Gasteiger charge is -2.22. The van der Waals surface area contributed by atoms with Gasteiger partial charge in [-0.1, -0.05) is 23.2 Å². The molecule has 1 fully saturated rings. The van der Waals surface area contributed by atoms with Crippen molar-refractivity contribution in [2.75, 3.05) is 17.9 Å². The lowest BCUT2D eigenvalue weighted by atomic mass is 10.1. The number of benzene rings is 1. The molecule has 0 saturated carbocycles. The van der Waals surface area contributed by atoms with Crippen LogP contribution in [0.1, 0.15) is 24.4 Å². The van der Waals surface area contributed by atoms with Crippen LogP contribution in [-0.4, -0.2) is 31.4 Å². The molecule has 0 atom stereocenters. The molecule has 2 aromatic rings. The smallest absolute Gasteiger partial charge is 0.263 e. The van der Waals surface area contributed by atoms with Crippen LogP contribution in [0, 0.1) is 6.92 Å². The molecule has 1 N–H and O–H groups in total. The third kappa shape index (κ3) is 3.69. The fraction of sp³-hybridized carbons (Fsp3) is 0.400. The van der Waals surface area contributed by atoms with E-state index in [4.69, 9.17) is 27.9 Å². The molecule has 9 heteroatoms. The zero-order valence-electron chi connectivity index (χ0n) is 13.0. The number of halogens is 2. The van der Waals surface area contributed by atoms with Crippen LogP contribution in [0.5, 0.6) is 0 Å². The molecule has 0 aliphatic carbocycles. The van der Waals surface area contributed by atoms with E-state index in [-0.39, 0.29) is 16.0 Å². The Labute approximate surface area is 150 Å². The molecule has 1 aliphatic heterocycles. The van der Waals surface area contributed by atoms with Crippen LogP contribution in [0.15, 0.2) is 29.4 Å². The Morgan fingerprint density at radius 1 is 1.25 bits per heavy atom. The van der Waals surface area contributed by atoms with Gasteiger partial charge in [0.1, 0.15) is 4.90 Å². The van der Waals surface area contributed by atoms with Gasteiger partial charge in [-0.25, -0.2) is 8.42 Å². The van der Waals surface area contributed by atoms with Gasteiger partial charge in [-0.3, -0.25) is 9.40 Å². The van der Waals surface area contributed by atoms with Gasteiger partial charge in [-0.15, -0.1) is 0 Å². The van der Waals surface area contributed by atoms with Gasteiger partial charge >= 0.3 is 0 Å². The third-order valence-corrected chi connectivity index (χ3v) is 6.17. The average molecular weight is 390 g/mol. The highest BCUT2D eigenvalue weighted by molar-refractivity contribution is 7.92. The Bertz CT molecular complexity index is 846. The minimum absolute atomic E-state index is 0.00937. The number of nitrogens with zero attached hydrogens (tertiary/aromatic N) is 2. The molecule has 0 bridgehead atoms. The Morgan fingerprint density at radius 2 is 1.96 bits per heavy atom. The summed E-state index contributed by atoms with van der Waals surface area (Å²) in [4.78, 5) is -0.00937. The first kappa shape index (κ1) is 17.5. The summed E-state index contributed by atoms with van der Waals surface area (Å²) in [5, 5.41) is 4.75. The number of aryl methyl sites for hydroxylation is 1. The second-order valence-electron chi connectivity index (χ2n) is 5.69. The molecular weight excluding hydrogens is 373 g/mol. The number of nitrogens with one attached hydrogen (secondary N) is 1. The zero-order valence-corrected chi connectivity index (χ0v) is 15.3. The molecule has 0 amide bonds. The SMILES string of the molecule is Cc1cc(S(=O)(=O)Nc2cnn(C3CCOCC3)c2)c(Cl)cc1Cl. The van der Waals surface area contributed by atoms with Gasteiger partial charge in [0.15, 0.2) is 0 Å². The molecule has 1 aliphatic rings. The largest absolute Gasteiger partial charge is 0.381 e. The molecule has 0 unspecified atom stereocenters. The van der Waals surface area contributed by atoms with Crippen molar-refractivity contribution >= 4 is 38.9 Å². The molecule has 0 radical (unpaired) electrons. The molecule has 6 nitrogen and oxygen atoms in total. The van der Waals surface area contributed by atoms with E-state index in [2.05, 4.69) is 9.82 Å². The van der Waals surface area contributed by atoms with E-state index in [0.29, 0.717) is 29.5 Å². The molecule has 0 spiro atoms. The van der Waals surface area contributed by atoms with Crippen molar-refractivity contribution in [3.63, 3.8) is 0 Å². The number of rotatable bonds is 4. The van der Waals surface area contributed by atoms with E-state index >= 15 is 0 Å². The quantitative estimate of drug-likeness (QED) is 0.865. The van der Waals surface area contributed by atoms with Crippen molar-refractivity contribution in [3.05, 3.63) is 40.1 Å². The van der Waals surface area contributed by atoms with E-state index in [0.717, 1.165) is 12.8 Å². The Balaban J connectivity index is 1.82. The van der Waals surface area contributed by atoms with Crippen LogP contribution in [0.4, 0.5) is 5.69 Å². The normalized spacial score (nSPS) is 16.3. The van der Waals surface area contributed by atoms with Crippen LogP contribution in [0.25, 0.3) is 0 Å². The van der Waals surface area contributed by atoms with Gasteiger partial charge < -0.3 is 4.74 Å². The van der Waals surface area contributed by atoms with Gasteiger partial charge in [-0.05, 0) is 37.5 Å². The van der Waals surface area contributed by atoms with Crippen molar-refractivity contribution in [2.45, 2.75) is 30.7 Å². The fourth-order valence-corrected chi connectivity index (χ4v) is 4.45. The van der Waals surface area contributed by atoms with Crippen molar-refractivity contribution in [2.24, 2.45) is 0 Å². The fourth-order valence-electron chi connectivity index (χ4n) is 2.59. The highest BCUT2D eigenvalue weighted by Crippen LogP contribution is 2.30. The van der Waals surface area contributed by atoms with Crippen LogP contribution >= 0.6 is 23.2 Å². The lowest BCUT2D eigenvalue weighted by molar-refractivity contribution is 0.0662. The Kier molecular flexibility index (Phi) is 5.05. The molecule has 1 aromatic carbocycles. The second kappa shape index (κ2) is 6.92. The lowest BCUT2D eigenvalue weighted by Crippen LogP contribution is -2.19. The van der Waals surface area contributed by atoms with E-state index in [1.807, 2.05) is 0 Å². The topological polar surface area (TPSA) is 73.2 Å². The summed E-state index contributed by atoms with van der Waals surface area (Å²) < 4.78 is 34.8. The van der Waals surface area contributed by atoms with Gasteiger partial charge in [0.25, 0.3) is 10.0 Å². The van der Waals surface area contributed by atoms with Gasteiger partial charge in [0, 0.05) is 24.4 Å². The maximum Gasteiger partial charge on any atom is 0.263 e. The number of hydrogen-bond acceptors (Lipinski definition) is 4. The van der Waals surface area contributed by atoms with Crippen molar-refractivity contribution < 1.29 is 13.2 Å². The summed E-state index contributed by atoms with van der Waals surface area (Å²) >= 11 is 12.0. The minimum atomic E-state index is -3.82. The predicted octanol–water partition coefficient (Wildman–Crippen LogP) is 3.65. The number of anilines is 1. The minimum Gasteiger partial charge on any atom is -0.381 e. The van der Waals surface area contributed by atoms with Gasteiger partial charge in [0.2, 0.25) is 0 Å². The summed E-state index contributed by atoms with van der Waals surface area (Å²) in [6.07, 6.45) is 4.89. The summed E-state index contributed by atoms with van der Waals surface area (Å²) in [6.45, 7) is 3.09. The monoisotopic (exact) mass is 389 g/mol. The molecular formula is C15H17Cl2N3O3S.